The zero-order valence-corrected chi connectivity index (χ0v) is 23.0. The van der Waals surface area contributed by atoms with Gasteiger partial charge >= 0.3 is 5.97 Å². The van der Waals surface area contributed by atoms with Crippen LogP contribution in [0.15, 0.2) is 0 Å². The lowest BCUT2D eigenvalue weighted by atomic mass is 9.94. The van der Waals surface area contributed by atoms with E-state index in [4.69, 9.17) is 9.47 Å². The van der Waals surface area contributed by atoms with Gasteiger partial charge < -0.3 is 19.3 Å². The van der Waals surface area contributed by atoms with E-state index in [-0.39, 0.29) is 18.7 Å². The summed E-state index contributed by atoms with van der Waals surface area (Å²) < 4.78 is 16.4. The number of esters is 1. The van der Waals surface area contributed by atoms with Crippen molar-refractivity contribution in [1.29, 1.82) is 0 Å². The number of carbonyl (C=O) groups is 1. The summed E-state index contributed by atoms with van der Waals surface area (Å²) >= 11 is 0. The van der Waals surface area contributed by atoms with E-state index in [0.717, 1.165) is 19.4 Å². The Kier molecular flexibility index (Phi) is 26.4. The number of hydrogen-bond acceptors (Lipinski definition) is 5. The van der Waals surface area contributed by atoms with Crippen LogP contribution in [0.4, 0.5) is 0 Å². The van der Waals surface area contributed by atoms with Crippen molar-refractivity contribution >= 4 is 5.97 Å². The molecule has 2 unspecified atom stereocenters. The highest BCUT2D eigenvalue weighted by Gasteiger charge is 2.13. The highest BCUT2D eigenvalue weighted by Crippen LogP contribution is 2.20. The van der Waals surface area contributed by atoms with E-state index in [1.54, 1.807) is 0 Å². The van der Waals surface area contributed by atoms with Gasteiger partial charge in [-0.05, 0) is 31.6 Å². The molecule has 0 spiro atoms. The fourth-order valence-electron chi connectivity index (χ4n) is 4.33. The molecule has 0 aromatic heterocycles. The van der Waals surface area contributed by atoms with Gasteiger partial charge in [-0.15, -0.1) is 0 Å². The van der Waals surface area contributed by atoms with Gasteiger partial charge in [-0.2, -0.15) is 0 Å². The van der Waals surface area contributed by atoms with Gasteiger partial charge in [-0.1, -0.05) is 104 Å². The predicted molar refractivity (Wildman–Crippen MR) is 142 cm³/mol. The van der Waals surface area contributed by atoms with Crippen LogP contribution in [-0.2, 0) is 19.0 Å². The molecule has 34 heavy (non-hydrogen) atoms. The standard InChI is InChI=1S/C29H58O5/c1-4-6-8-10-12-13-15-17-21-27(20-16-14-11-9-7-5-2)25-33-26-28(24-30)34-23-19-18-22-29(31)32-3/h27-28,30H,4-26H2,1-3H3. The SMILES string of the molecule is CCCCCCCCCCC(CCCCCCCC)COCC(CO)OCCCCC(=O)OC. The Hall–Kier alpha value is -0.650. The molecule has 204 valence electrons. The number of ether oxygens (including phenoxy) is 3. The second-order valence-electron chi connectivity index (χ2n) is 9.93. The second-order valence-corrected chi connectivity index (χ2v) is 9.93. The first-order valence-electron chi connectivity index (χ1n) is 14.5. The largest absolute Gasteiger partial charge is 0.469 e. The number of methoxy groups -OCH3 is 1. The molecule has 0 aliphatic heterocycles. The van der Waals surface area contributed by atoms with Gasteiger partial charge in [0.2, 0.25) is 0 Å². The first-order valence-corrected chi connectivity index (χ1v) is 14.5. The van der Waals surface area contributed by atoms with E-state index >= 15 is 0 Å². The molecular weight excluding hydrogens is 428 g/mol. The van der Waals surface area contributed by atoms with Crippen molar-refractivity contribution in [3.05, 3.63) is 0 Å². The van der Waals surface area contributed by atoms with Crippen LogP contribution in [0.3, 0.4) is 0 Å². The van der Waals surface area contributed by atoms with Crippen molar-refractivity contribution in [2.75, 3.05) is 33.5 Å². The number of unbranched alkanes of at least 4 members (excludes halogenated alkanes) is 13. The lowest BCUT2D eigenvalue weighted by molar-refractivity contribution is -0.140. The molecule has 1 N–H and O–H groups in total. The van der Waals surface area contributed by atoms with E-state index in [9.17, 15) is 9.90 Å². The minimum absolute atomic E-state index is 0.0306. The Morgan fingerprint density at radius 2 is 1.24 bits per heavy atom. The predicted octanol–water partition coefficient (Wildman–Crippen LogP) is 7.62. The van der Waals surface area contributed by atoms with Crippen LogP contribution < -0.4 is 0 Å². The van der Waals surface area contributed by atoms with Crippen molar-refractivity contribution in [2.24, 2.45) is 5.92 Å². The minimum Gasteiger partial charge on any atom is -0.469 e. The lowest BCUT2D eigenvalue weighted by Gasteiger charge is -2.20. The Bertz CT molecular complexity index is 415. The van der Waals surface area contributed by atoms with Crippen LogP contribution >= 0.6 is 0 Å². The first kappa shape index (κ1) is 33.4. The van der Waals surface area contributed by atoms with Crippen molar-refractivity contribution < 1.29 is 24.1 Å². The highest BCUT2D eigenvalue weighted by molar-refractivity contribution is 5.68. The smallest absolute Gasteiger partial charge is 0.305 e. The van der Waals surface area contributed by atoms with Gasteiger partial charge in [0.25, 0.3) is 0 Å². The average molecular weight is 487 g/mol. The van der Waals surface area contributed by atoms with E-state index in [0.29, 0.717) is 25.6 Å². The summed E-state index contributed by atoms with van der Waals surface area (Å²) in [6, 6.07) is 0. The quantitative estimate of drug-likeness (QED) is 0.0955. The molecule has 0 fully saturated rings. The number of carbonyl (C=O) groups excluding carboxylic acids is 1. The van der Waals surface area contributed by atoms with Gasteiger partial charge in [0.1, 0.15) is 6.10 Å². The van der Waals surface area contributed by atoms with Gasteiger partial charge in [-0.25, -0.2) is 0 Å². The van der Waals surface area contributed by atoms with Gasteiger partial charge in [0, 0.05) is 19.6 Å². The zero-order chi connectivity index (χ0) is 25.1. The third-order valence-corrected chi connectivity index (χ3v) is 6.65. The summed E-state index contributed by atoms with van der Waals surface area (Å²) in [5.74, 6) is 0.431. The molecule has 0 rings (SSSR count). The number of aliphatic hydroxyl groups is 1. The molecule has 0 amide bonds. The second kappa shape index (κ2) is 26.9. The molecule has 5 heteroatoms. The molecule has 0 aromatic carbocycles. The summed E-state index contributed by atoms with van der Waals surface area (Å²) in [4.78, 5) is 11.2. The molecule has 2 atom stereocenters. The number of rotatable bonds is 27. The summed E-state index contributed by atoms with van der Waals surface area (Å²) in [5, 5.41) is 9.62. The van der Waals surface area contributed by atoms with Gasteiger partial charge in [-0.3, -0.25) is 4.79 Å². The maximum absolute atomic E-state index is 11.2. The van der Waals surface area contributed by atoms with E-state index in [2.05, 4.69) is 18.6 Å². The van der Waals surface area contributed by atoms with Gasteiger partial charge in [0.15, 0.2) is 0 Å². The Labute approximate surface area is 211 Å². The van der Waals surface area contributed by atoms with Crippen molar-refractivity contribution in [2.45, 2.75) is 142 Å². The molecule has 0 bridgehead atoms. The van der Waals surface area contributed by atoms with E-state index in [1.165, 1.54) is 110 Å². The van der Waals surface area contributed by atoms with Crippen LogP contribution in [0, 0.1) is 5.92 Å². The van der Waals surface area contributed by atoms with Crippen molar-refractivity contribution in [3.8, 4) is 0 Å². The number of hydrogen-bond donors (Lipinski definition) is 1. The lowest BCUT2D eigenvalue weighted by Crippen LogP contribution is -2.26. The molecule has 0 heterocycles. The molecule has 5 nitrogen and oxygen atoms in total. The third kappa shape index (κ3) is 23.1. The molecule has 0 aliphatic rings. The molecule has 0 aliphatic carbocycles. The van der Waals surface area contributed by atoms with Crippen LogP contribution in [0.5, 0.6) is 0 Å². The van der Waals surface area contributed by atoms with Crippen LogP contribution in [0.25, 0.3) is 0 Å². The summed E-state index contributed by atoms with van der Waals surface area (Å²) in [6.45, 7) is 6.26. The average Bonchev–Trinajstić information content (AvgIpc) is 2.85. The molecule has 0 saturated carbocycles. The molecule has 0 radical (unpaired) electrons. The number of aliphatic hydroxyl groups excluding tert-OH is 1. The fourth-order valence-corrected chi connectivity index (χ4v) is 4.33. The maximum atomic E-state index is 11.2. The molecule has 0 saturated heterocycles. The monoisotopic (exact) mass is 486 g/mol. The Morgan fingerprint density at radius 3 is 1.74 bits per heavy atom. The van der Waals surface area contributed by atoms with Gasteiger partial charge in [0.05, 0.1) is 20.3 Å². The Balaban J connectivity index is 4.11. The summed E-state index contributed by atoms with van der Waals surface area (Å²) in [7, 11) is 1.41. The first-order chi connectivity index (χ1) is 16.7. The molecule has 0 aromatic rings. The van der Waals surface area contributed by atoms with Crippen molar-refractivity contribution in [3.63, 3.8) is 0 Å². The highest BCUT2D eigenvalue weighted by atomic mass is 16.5. The van der Waals surface area contributed by atoms with Crippen molar-refractivity contribution in [1.82, 2.24) is 0 Å². The van der Waals surface area contributed by atoms with Crippen LogP contribution in [-0.4, -0.2) is 50.7 Å². The zero-order valence-electron chi connectivity index (χ0n) is 23.0. The van der Waals surface area contributed by atoms with E-state index in [1.807, 2.05) is 0 Å². The normalized spacial score (nSPS) is 13.2. The molecular formula is C29H58O5. The van der Waals surface area contributed by atoms with Crippen LogP contribution in [0.1, 0.15) is 136 Å². The fraction of sp³-hybridized carbons (Fsp3) is 0.966. The maximum Gasteiger partial charge on any atom is 0.305 e. The summed E-state index contributed by atoms with van der Waals surface area (Å²) in [5.41, 5.74) is 0. The third-order valence-electron chi connectivity index (χ3n) is 6.65. The Morgan fingerprint density at radius 1 is 0.706 bits per heavy atom. The minimum atomic E-state index is -0.282. The summed E-state index contributed by atoms with van der Waals surface area (Å²) in [6.07, 6.45) is 23.0. The van der Waals surface area contributed by atoms with E-state index < -0.39 is 0 Å². The van der Waals surface area contributed by atoms with Crippen LogP contribution in [0.2, 0.25) is 0 Å². The topological polar surface area (TPSA) is 65.0 Å².